The highest BCUT2D eigenvalue weighted by atomic mass is 16.5. The van der Waals surface area contributed by atoms with E-state index in [1.165, 1.54) is 6.20 Å². The van der Waals surface area contributed by atoms with Gasteiger partial charge in [0.2, 0.25) is 0 Å². The van der Waals surface area contributed by atoms with Crippen molar-refractivity contribution in [2.75, 3.05) is 12.4 Å². The van der Waals surface area contributed by atoms with E-state index in [4.69, 9.17) is 4.74 Å². The molecule has 0 saturated heterocycles. The van der Waals surface area contributed by atoms with Crippen LogP contribution >= 0.6 is 0 Å². The van der Waals surface area contributed by atoms with Gasteiger partial charge in [-0.05, 0) is 29.3 Å². The highest BCUT2D eigenvalue weighted by Gasteiger charge is 2.18. The minimum Gasteiger partial charge on any atom is -0.495 e. The maximum atomic E-state index is 12.6. The largest absolute Gasteiger partial charge is 0.495 e. The van der Waals surface area contributed by atoms with Gasteiger partial charge in [0.25, 0.3) is 5.91 Å². The van der Waals surface area contributed by atoms with Crippen LogP contribution in [0.5, 0.6) is 5.75 Å². The van der Waals surface area contributed by atoms with E-state index in [9.17, 15) is 4.79 Å². The number of rotatable bonds is 3. The zero-order chi connectivity index (χ0) is 15.8. The van der Waals surface area contributed by atoms with Crippen LogP contribution in [0.3, 0.4) is 0 Å². The first-order chi connectivity index (χ1) is 11.3. The highest BCUT2D eigenvalue weighted by molar-refractivity contribution is 6.09. The van der Waals surface area contributed by atoms with Crippen LogP contribution in [0.1, 0.15) is 21.5 Å². The Bertz CT molecular complexity index is 945. The molecule has 0 bridgehead atoms. The van der Waals surface area contributed by atoms with E-state index >= 15 is 0 Å². The van der Waals surface area contributed by atoms with Crippen LogP contribution in [-0.2, 0) is 6.54 Å². The normalized spacial score (nSPS) is 12.4. The Hall–Kier alpha value is -3.22. The van der Waals surface area contributed by atoms with Crippen molar-refractivity contribution >= 4 is 23.5 Å². The molecule has 0 fully saturated rings. The molecular formula is C16H13N5O2. The van der Waals surface area contributed by atoms with E-state index in [2.05, 4.69) is 20.4 Å². The van der Waals surface area contributed by atoms with Crippen molar-refractivity contribution in [3.63, 3.8) is 0 Å². The van der Waals surface area contributed by atoms with E-state index in [-0.39, 0.29) is 5.91 Å². The number of hydrogen-bond donors (Lipinski definition) is 1. The predicted octanol–water partition coefficient (Wildman–Crippen LogP) is 1.92. The number of methoxy groups -OCH3 is 1. The number of amides is 1. The Morgan fingerprint density at radius 1 is 1.39 bits per heavy atom. The summed E-state index contributed by atoms with van der Waals surface area (Å²) >= 11 is 0. The molecular weight excluding hydrogens is 294 g/mol. The van der Waals surface area contributed by atoms with Crippen molar-refractivity contribution < 1.29 is 9.53 Å². The first-order valence-electron chi connectivity index (χ1n) is 7.07. The smallest absolute Gasteiger partial charge is 0.261 e. The van der Waals surface area contributed by atoms with Crippen molar-refractivity contribution in [2.24, 2.45) is 4.99 Å². The molecule has 7 heteroatoms. The van der Waals surface area contributed by atoms with Gasteiger partial charge in [-0.2, -0.15) is 5.10 Å². The van der Waals surface area contributed by atoms with Crippen molar-refractivity contribution in [3.8, 4) is 5.75 Å². The third-order valence-electron chi connectivity index (χ3n) is 3.73. The van der Waals surface area contributed by atoms with E-state index in [0.29, 0.717) is 29.2 Å². The number of aromatic nitrogens is 3. The number of anilines is 1. The molecule has 1 aromatic carbocycles. The number of aliphatic imine (C=N–C) groups is 1. The summed E-state index contributed by atoms with van der Waals surface area (Å²) in [6, 6.07) is 5.51. The highest BCUT2D eigenvalue weighted by Crippen LogP contribution is 2.30. The average Bonchev–Trinajstić information content (AvgIpc) is 3.20. The third-order valence-corrected chi connectivity index (χ3v) is 3.73. The van der Waals surface area contributed by atoms with Crippen LogP contribution in [-0.4, -0.2) is 33.8 Å². The predicted molar refractivity (Wildman–Crippen MR) is 85.2 cm³/mol. The van der Waals surface area contributed by atoms with Gasteiger partial charge in [0.05, 0.1) is 25.5 Å². The second-order valence-electron chi connectivity index (χ2n) is 5.12. The summed E-state index contributed by atoms with van der Waals surface area (Å²) < 4.78 is 6.93. The summed E-state index contributed by atoms with van der Waals surface area (Å²) in [5.74, 6) is 0.318. The zero-order valence-electron chi connectivity index (χ0n) is 12.4. The van der Waals surface area contributed by atoms with E-state index in [0.717, 1.165) is 11.1 Å². The van der Waals surface area contributed by atoms with Gasteiger partial charge in [-0.3, -0.25) is 9.79 Å². The van der Waals surface area contributed by atoms with E-state index in [1.54, 1.807) is 36.3 Å². The molecule has 4 rings (SSSR count). The van der Waals surface area contributed by atoms with Crippen LogP contribution < -0.4 is 10.1 Å². The number of carbonyl (C=O) groups is 1. The Morgan fingerprint density at radius 2 is 2.30 bits per heavy atom. The molecule has 3 aromatic rings. The molecule has 0 spiro atoms. The minimum atomic E-state index is -0.285. The van der Waals surface area contributed by atoms with Gasteiger partial charge < -0.3 is 10.1 Å². The van der Waals surface area contributed by atoms with Crippen molar-refractivity contribution in [1.29, 1.82) is 0 Å². The van der Waals surface area contributed by atoms with Gasteiger partial charge in [-0.1, -0.05) is 0 Å². The molecule has 0 saturated carbocycles. The summed E-state index contributed by atoms with van der Waals surface area (Å²) in [6.45, 7) is 0.637. The van der Waals surface area contributed by atoms with Crippen molar-refractivity contribution in [2.45, 2.75) is 6.54 Å². The Labute approximate surface area is 131 Å². The first-order valence-corrected chi connectivity index (χ1v) is 7.07. The molecule has 2 aromatic heterocycles. The van der Waals surface area contributed by atoms with Crippen LogP contribution in [0.2, 0.25) is 0 Å². The lowest BCUT2D eigenvalue weighted by Crippen LogP contribution is -2.13. The fourth-order valence-electron chi connectivity index (χ4n) is 2.58. The van der Waals surface area contributed by atoms with Crippen LogP contribution in [0.4, 0.5) is 5.69 Å². The lowest BCUT2D eigenvalue weighted by Gasteiger charge is -2.11. The van der Waals surface area contributed by atoms with Crippen molar-refractivity contribution in [3.05, 3.63) is 53.5 Å². The Morgan fingerprint density at radius 3 is 3.17 bits per heavy atom. The number of carbonyl (C=O) groups excluding carboxylic acids is 1. The summed E-state index contributed by atoms with van der Waals surface area (Å²) in [4.78, 5) is 21.0. The first kappa shape index (κ1) is 13.4. The van der Waals surface area contributed by atoms with E-state index < -0.39 is 0 Å². The van der Waals surface area contributed by atoms with Crippen LogP contribution in [0.25, 0.3) is 5.65 Å². The maximum Gasteiger partial charge on any atom is 0.261 e. The number of nitrogens with one attached hydrogen (secondary N) is 1. The van der Waals surface area contributed by atoms with Gasteiger partial charge in [0.1, 0.15) is 11.3 Å². The number of nitrogens with zero attached hydrogens (tertiary/aromatic N) is 4. The van der Waals surface area contributed by atoms with Gasteiger partial charge in [-0.15, -0.1) is 0 Å². The molecule has 0 unspecified atom stereocenters. The standard InChI is InChI=1S/C16H13N5O2/c1-23-14-6-11-8-17-7-10(11)5-13(14)20-16(22)12-9-19-21-4-2-3-18-15(12)21/h2-7,9H,8H2,1H3,(H,20,22). The van der Waals surface area contributed by atoms with Gasteiger partial charge in [-0.25, -0.2) is 9.50 Å². The summed E-state index contributed by atoms with van der Waals surface area (Å²) in [7, 11) is 1.57. The van der Waals surface area contributed by atoms with Crippen LogP contribution in [0, 0.1) is 0 Å². The number of benzene rings is 1. The molecule has 0 radical (unpaired) electrons. The maximum absolute atomic E-state index is 12.6. The molecule has 7 nitrogen and oxygen atoms in total. The lowest BCUT2D eigenvalue weighted by atomic mass is 10.1. The number of hydrogen-bond acceptors (Lipinski definition) is 5. The lowest BCUT2D eigenvalue weighted by molar-refractivity contribution is 0.102. The molecule has 114 valence electrons. The molecule has 1 aliphatic rings. The topological polar surface area (TPSA) is 80.9 Å². The molecule has 1 N–H and O–H groups in total. The average molecular weight is 307 g/mol. The minimum absolute atomic E-state index is 0.285. The Balaban J connectivity index is 1.70. The fourth-order valence-corrected chi connectivity index (χ4v) is 2.58. The molecule has 0 aliphatic carbocycles. The molecule has 0 atom stereocenters. The van der Waals surface area contributed by atoms with Gasteiger partial charge >= 0.3 is 0 Å². The van der Waals surface area contributed by atoms with E-state index in [1.807, 2.05) is 12.1 Å². The van der Waals surface area contributed by atoms with Gasteiger partial charge in [0.15, 0.2) is 5.65 Å². The third kappa shape index (κ3) is 2.22. The number of fused-ring (bicyclic) bond motifs is 2. The second kappa shape index (κ2) is 5.20. The number of ether oxygens (including phenoxy) is 1. The molecule has 1 aliphatic heterocycles. The van der Waals surface area contributed by atoms with Crippen LogP contribution in [0.15, 0.2) is 41.8 Å². The Kier molecular flexibility index (Phi) is 3.04. The monoisotopic (exact) mass is 307 g/mol. The zero-order valence-corrected chi connectivity index (χ0v) is 12.4. The molecule has 3 heterocycles. The summed E-state index contributed by atoms with van der Waals surface area (Å²) in [5.41, 5.74) is 3.57. The quantitative estimate of drug-likeness (QED) is 0.801. The fraction of sp³-hybridized carbons (Fsp3) is 0.125. The van der Waals surface area contributed by atoms with Gasteiger partial charge in [0, 0.05) is 18.6 Å². The SMILES string of the molecule is COc1cc2c(cc1NC(=O)c1cnn3cccnc13)C=NC2. The second-order valence-corrected chi connectivity index (χ2v) is 5.12. The van der Waals surface area contributed by atoms with Crippen molar-refractivity contribution in [1.82, 2.24) is 14.6 Å². The summed E-state index contributed by atoms with van der Waals surface area (Å²) in [6.07, 6.45) is 6.66. The molecule has 1 amide bonds. The summed E-state index contributed by atoms with van der Waals surface area (Å²) in [5, 5.41) is 6.99. The molecule has 23 heavy (non-hydrogen) atoms.